The van der Waals surface area contributed by atoms with Crippen LogP contribution < -0.4 is 0 Å². The van der Waals surface area contributed by atoms with Crippen LogP contribution >= 0.6 is 0 Å². The van der Waals surface area contributed by atoms with Crippen LogP contribution in [0.5, 0.6) is 0 Å². The van der Waals surface area contributed by atoms with Gasteiger partial charge in [0.1, 0.15) is 11.6 Å². The highest BCUT2D eigenvalue weighted by molar-refractivity contribution is 5.69. The number of piperidine rings is 1. The van der Waals surface area contributed by atoms with Gasteiger partial charge in [-0.15, -0.1) is 0 Å². The third kappa shape index (κ3) is 5.24. The molecule has 2 saturated heterocycles. The van der Waals surface area contributed by atoms with Crippen LogP contribution in [0.2, 0.25) is 0 Å². The molecule has 0 spiro atoms. The van der Waals surface area contributed by atoms with Crippen molar-refractivity contribution < 1.29 is 23.0 Å². The standard InChI is InChI=1S/C20H28F2N2O3/c1-26-20(25)6-5-15-13-23(14-16-17(21)3-2-4-18(16)22)8-7-19(15)24-9-11-27-12-10-24/h2-4,15,19H,5-14H2,1H3/t15-,19+/m0/s1. The van der Waals surface area contributed by atoms with E-state index in [1.807, 2.05) is 0 Å². The molecule has 2 atom stereocenters. The second-order valence-corrected chi connectivity index (χ2v) is 7.31. The lowest BCUT2D eigenvalue weighted by molar-refractivity contribution is -0.141. The summed E-state index contributed by atoms with van der Waals surface area (Å²) in [5.41, 5.74) is 0.119. The zero-order valence-corrected chi connectivity index (χ0v) is 15.8. The number of carbonyl (C=O) groups excluding carboxylic acids is 1. The van der Waals surface area contributed by atoms with E-state index in [0.717, 1.165) is 39.3 Å². The van der Waals surface area contributed by atoms with Crippen LogP contribution in [0, 0.1) is 17.6 Å². The van der Waals surface area contributed by atoms with Crippen LogP contribution in [0.3, 0.4) is 0 Å². The van der Waals surface area contributed by atoms with Crippen molar-refractivity contribution in [2.24, 2.45) is 5.92 Å². The molecule has 0 aromatic heterocycles. The van der Waals surface area contributed by atoms with Crippen molar-refractivity contribution in [2.45, 2.75) is 31.8 Å². The van der Waals surface area contributed by atoms with Crippen molar-refractivity contribution in [3.63, 3.8) is 0 Å². The maximum Gasteiger partial charge on any atom is 0.305 e. The molecule has 2 fully saturated rings. The average molecular weight is 382 g/mol. The highest BCUT2D eigenvalue weighted by Crippen LogP contribution is 2.28. The molecule has 0 saturated carbocycles. The van der Waals surface area contributed by atoms with E-state index < -0.39 is 11.6 Å². The van der Waals surface area contributed by atoms with Gasteiger partial charge in [0.25, 0.3) is 0 Å². The van der Waals surface area contributed by atoms with Gasteiger partial charge in [0.2, 0.25) is 0 Å². The van der Waals surface area contributed by atoms with Crippen LogP contribution in [0.4, 0.5) is 8.78 Å². The van der Waals surface area contributed by atoms with Gasteiger partial charge in [0, 0.05) is 50.7 Å². The number of esters is 1. The van der Waals surface area contributed by atoms with Crippen molar-refractivity contribution in [1.82, 2.24) is 9.80 Å². The first kappa shape index (κ1) is 20.2. The Hall–Kier alpha value is -1.57. The van der Waals surface area contributed by atoms with E-state index in [1.165, 1.54) is 25.3 Å². The molecule has 2 heterocycles. The summed E-state index contributed by atoms with van der Waals surface area (Å²) < 4.78 is 38.3. The summed E-state index contributed by atoms with van der Waals surface area (Å²) in [6.45, 7) is 4.98. The zero-order chi connectivity index (χ0) is 19.2. The summed E-state index contributed by atoms with van der Waals surface area (Å²) in [4.78, 5) is 16.2. The summed E-state index contributed by atoms with van der Waals surface area (Å²) >= 11 is 0. The summed E-state index contributed by atoms with van der Waals surface area (Å²) in [5.74, 6) is -0.966. The number of likely N-dealkylation sites (tertiary alicyclic amines) is 1. The van der Waals surface area contributed by atoms with Gasteiger partial charge >= 0.3 is 5.97 Å². The van der Waals surface area contributed by atoms with Crippen LogP contribution in [0.15, 0.2) is 18.2 Å². The van der Waals surface area contributed by atoms with Gasteiger partial charge in [0.05, 0.1) is 20.3 Å². The molecule has 2 aliphatic heterocycles. The average Bonchev–Trinajstić information content (AvgIpc) is 2.69. The Kier molecular flexibility index (Phi) is 7.15. The number of hydrogen-bond donors (Lipinski definition) is 0. The normalized spacial score (nSPS) is 24.7. The number of rotatable bonds is 6. The fraction of sp³-hybridized carbons (Fsp3) is 0.650. The van der Waals surface area contributed by atoms with Crippen molar-refractivity contribution >= 4 is 5.97 Å². The molecule has 5 nitrogen and oxygen atoms in total. The van der Waals surface area contributed by atoms with E-state index in [0.29, 0.717) is 25.4 Å². The SMILES string of the molecule is COC(=O)CC[C@H]1CN(Cc2c(F)cccc2F)CC[C@H]1N1CCOCC1. The van der Waals surface area contributed by atoms with Gasteiger partial charge in [0.15, 0.2) is 0 Å². The third-order valence-electron chi connectivity index (χ3n) is 5.68. The molecule has 0 unspecified atom stereocenters. The first-order valence-corrected chi connectivity index (χ1v) is 9.62. The van der Waals surface area contributed by atoms with Crippen molar-refractivity contribution in [3.05, 3.63) is 35.4 Å². The van der Waals surface area contributed by atoms with Crippen molar-refractivity contribution in [2.75, 3.05) is 46.5 Å². The van der Waals surface area contributed by atoms with Crippen LogP contribution in [0.1, 0.15) is 24.8 Å². The Bertz CT molecular complexity index is 617. The number of benzene rings is 1. The molecule has 150 valence electrons. The summed E-state index contributed by atoms with van der Waals surface area (Å²) in [6.07, 6.45) is 2.00. The Balaban J connectivity index is 1.68. The van der Waals surface area contributed by atoms with Crippen LogP contribution in [-0.2, 0) is 20.8 Å². The van der Waals surface area contributed by atoms with Gasteiger partial charge < -0.3 is 9.47 Å². The number of methoxy groups -OCH3 is 1. The zero-order valence-electron chi connectivity index (χ0n) is 15.8. The van der Waals surface area contributed by atoms with E-state index in [1.54, 1.807) is 0 Å². The molecule has 2 aliphatic rings. The Labute approximate surface area is 159 Å². The van der Waals surface area contributed by atoms with Crippen LogP contribution in [0.25, 0.3) is 0 Å². The number of nitrogens with zero attached hydrogens (tertiary/aromatic N) is 2. The van der Waals surface area contributed by atoms with E-state index in [2.05, 4.69) is 9.80 Å². The second-order valence-electron chi connectivity index (χ2n) is 7.31. The van der Waals surface area contributed by atoms with E-state index in [4.69, 9.17) is 9.47 Å². The van der Waals surface area contributed by atoms with Gasteiger partial charge in [-0.05, 0) is 30.9 Å². The number of hydrogen-bond acceptors (Lipinski definition) is 5. The topological polar surface area (TPSA) is 42.0 Å². The van der Waals surface area contributed by atoms with E-state index >= 15 is 0 Å². The lowest BCUT2D eigenvalue weighted by Gasteiger charge is -2.45. The number of ether oxygens (including phenoxy) is 2. The molecular weight excluding hydrogens is 354 g/mol. The Morgan fingerprint density at radius 3 is 2.59 bits per heavy atom. The van der Waals surface area contributed by atoms with E-state index in [-0.39, 0.29) is 24.0 Å². The van der Waals surface area contributed by atoms with Crippen LogP contribution in [-0.4, -0.2) is 68.3 Å². The molecule has 3 rings (SSSR count). The molecule has 0 bridgehead atoms. The second kappa shape index (κ2) is 9.57. The minimum atomic E-state index is -0.503. The van der Waals surface area contributed by atoms with Gasteiger partial charge in [-0.25, -0.2) is 8.78 Å². The number of carbonyl (C=O) groups is 1. The first-order valence-electron chi connectivity index (χ1n) is 9.62. The van der Waals surface area contributed by atoms with Gasteiger partial charge in [-0.1, -0.05) is 6.07 Å². The van der Waals surface area contributed by atoms with Gasteiger partial charge in [-0.3, -0.25) is 14.6 Å². The number of morpholine rings is 1. The Morgan fingerprint density at radius 1 is 1.22 bits per heavy atom. The molecule has 1 aromatic rings. The quantitative estimate of drug-likeness (QED) is 0.707. The Morgan fingerprint density at radius 2 is 1.93 bits per heavy atom. The van der Waals surface area contributed by atoms with Crippen molar-refractivity contribution in [3.8, 4) is 0 Å². The summed E-state index contributed by atoms with van der Waals surface area (Å²) in [7, 11) is 1.40. The highest BCUT2D eigenvalue weighted by Gasteiger charge is 2.34. The van der Waals surface area contributed by atoms with Gasteiger partial charge in [-0.2, -0.15) is 0 Å². The monoisotopic (exact) mass is 382 g/mol. The minimum Gasteiger partial charge on any atom is -0.469 e. The lowest BCUT2D eigenvalue weighted by atomic mass is 9.86. The summed E-state index contributed by atoms with van der Waals surface area (Å²) in [5, 5.41) is 0. The highest BCUT2D eigenvalue weighted by atomic mass is 19.1. The predicted molar refractivity (Wildman–Crippen MR) is 97.2 cm³/mol. The largest absolute Gasteiger partial charge is 0.469 e. The molecule has 7 heteroatoms. The number of halogens is 2. The first-order chi connectivity index (χ1) is 13.1. The smallest absolute Gasteiger partial charge is 0.305 e. The fourth-order valence-electron chi connectivity index (χ4n) is 4.22. The fourth-order valence-corrected chi connectivity index (χ4v) is 4.22. The molecular formula is C20H28F2N2O3. The predicted octanol–water partition coefficient (Wildman–Crippen LogP) is 2.44. The van der Waals surface area contributed by atoms with Crippen molar-refractivity contribution in [1.29, 1.82) is 0 Å². The molecule has 0 radical (unpaired) electrons. The molecule has 0 amide bonds. The van der Waals surface area contributed by atoms with E-state index in [9.17, 15) is 13.6 Å². The molecule has 0 aliphatic carbocycles. The maximum atomic E-state index is 14.0. The lowest BCUT2D eigenvalue weighted by Crippen LogP contribution is -2.54. The minimum absolute atomic E-state index is 0.119. The summed E-state index contributed by atoms with van der Waals surface area (Å²) in [6, 6.07) is 4.35. The molecule has 27 heavy (non-hydrogen) atoms. The third-order valence-corrected chi connectivity index (χ3v) is 5.68. The molecule has 0 N–H and O–H groups in total. The molecule has 1 aromatic carbocycles. The maximum absolute atomic E-state index is 14.0.